The van der Waals surface area contributed by atoms with Crippen molar-refractivity contribution in [1.29, 1.82) is 0 Å². The first-order valence-electron chi connectivity index (χ1n) is 9.86. The van der Waals surface area contributed by atoms with Gasteiger partial charge >= 0.3 is 5.97 Å². The minimum Gasteiger partial charge on any atom is -0.478 e. The fraction of sp³-hybridized carbons (Fsp3) is 0.429. The molecule has 1 saturated carbocycles. The van der Waals surface area contributed by atoms with Crippen molar-refractivity contribution in [1.82, 2.24) is 4.98 Å². The number of ether oxygens (including phenoxy) is 2. The number of primary sulfonamides is 1. The number of hydrogen-bond acceptors (Lipinski definition) is 6. The van der Waals surface area contributed by atoms with E-state index in [0.29, 0.717) is 24.3 Å². The van der Waals surface area contributed by atoms with Crippen molar-refractivity contribution < 1.29 is 27.8 Å². The minimum absolute atomic E-state index is 0.196. The normalized spacial score (nSPS) is 17.0. The van der Waals surface area contributed by atoms with Crippen molar-refractivity contribution in [2.24, 2.45) is 11.1 Å². The zero-order valence-corrected chi connectivity index (χ0v) is 17.4. The lowest BCUT2D eigenvalue weighted by atomic mass is 10.0. The molecule has 1 aromatic carbocycles. The van der Waals surface area contributed by atoms with E-state index in [2.05, 4.69) is 4.98 Å². The molecule has 30 heavy (non-hydrogen) atoms. The monoisotopic (exact) mass is 434 g/mol. The van der Waals surface area contributed by atoms with Gasteiger partial charge in [-0.1, -0.05) is 18.2 Å². The van der Waals surface area contributed by atoms with Gasteiger partial charge in [-0.2, -0.15) is 0 Å². The zero-order chi connectivity index (χ0) is 21.6. The molecule has 4 rings (SSSR count). The number of benzene rings is 1. The van der Waals surface area contributed by atoms with Crippen molar-refractivity contribution in [3.05, 3.63) is 53.7 Å². The van der Waals surface area contributed by atoms with Gasteiger partial charge in [0.1, 0.15) is 0 Å². The summed E-state index contributed by atoms with van der Waals surface area (Å²) in [5.74, 6) is 0.285. The van der Waals surface area contributed by atoms with E-state index in [4.69, 9.17) is 19.7 Å². The maximum absolute atomic E-state index is 11.2. The number of aromatic nitrogens is 1. The minimum atomic E-state index is -3.54. The van der Waals surface area contributed by atoms with Crippen LogP contribution in [0.2, 0.25) is 0 Å². The quantitative estimate of drug-likeness (QED) is 0.715. The SMILES string of the molecule is NS(=O)(=O)c1ccccc1C1CC1.O=C(O)c1ccnc(OCC2CCOCC2)c1. The van der Waals surface area contributed by atoms with Gasteiger partial charge < -0.3 is 14.6 Å². The van der Waals surface area contributed by atoms with Crippen LogP contribution in [0.3, 0.4) is 0 Å². The molecular formula is C21H26N2O6S. The van der Waals surface area contributed by atoms with Gasteiger partial charge in [0.05, 0.1) is 17.1 Å². The fourth-order valence-electron chi connectivity index (χ4n) is 3.21. The number of carbonyl (C=O) groups is 1. The molecule has 2 fully saturated rings. The fourth-order valence-corrected chi connectivity index (χ4v) is 4.04. The summed E-state index contributed by atoms with van der Waals surface area (Å²) in [6.45, 7) is 2.12. The Labute approximate surface area is 176 Å². The van der Waals surface area contributed by atoms with Crippen LogP contribution < -0.4 is 9.88 Å². The third-order valence-electron chi connectivity index (χ3n) is 5.03. The summed E-state index contributed by atoms with van der Waals surface area (Å²) in [6, 6.07) is 9.86. The Balaban J connectivity index is 0.000000177. The number of nitrogens with zero attached hydrogens (tertiary/aromatic N) is 1. The number of rotatable bonds is 6. The number of pyridine rings is 1. The maximum atomic E-state index is 11.2. The zero-order valence-electron chi connectivity index (χ0n) is 16.6. The molecule has 0 amide bonds. The average molecular weight is 435 g/mol. The Morgan fingerprint density at radius 2 is 1.87 bits per heavy atom. The van der Waals surface area contributed by atoms with E-state index in [1.165, 1.54) is 18.3 Å². The number of sulfonamides is 1. The average Bonchev–Trinajstić information content (AvgIpc) is 3.58. The maximum Gasteiger partial charge on any atom is 0.335 e. The molecule has 0 unspecified atom stereocenters. The van der Waals surface area contributed by atoms with Crippen LogP contribution in [0.5, 0.6) is 5.88 Å². The van der Waals surface area contributed by atoms with Crippen LogP contribution in [0.4, 0.5) is 0 Å². The van der Waals surface area contributed by atoms with E-state index in [1.54, 1.807) is 12.1 Å². The molecule has 0 spiro atoms. The van der Waals surface area contributed by atoms with Crippen LogP contribution in [0.25, 0.3) is 0 Å². The molecular weight excluding hydrogens is 408 g/mol. The summed E-state index contributed by atoms with van der Waals surface area (Å²) >= 11 is 0. The highest BCUT2D eigenvalue weighted by molar-refractivity contribution is 7.89. The van der Waals surface area contributed by atoms with Crippen LogP contribution in [0.1, 0.15) is 47.5 Å². The second-order valence-corrected chi connectivity index (χ2v) is 8.94. The first kappa shape index (κ1) is 22.2. The van der Waals surface area contributed by atoms with E-state index < -0.39 is 16.0 Å². The van der Waals surface area contributed by atoms with Crippen LogP contribution in [0, 0.1) is 5.92 Å². The molecule has 0 bridgehead atoms. The predicted octanol–water partition coefficient (Wildman–Crippen LogP) is 2.80. The van der Waals surface area contributed by atoms with Crippen LogP contribution >= 0.6 is 0 Å². The predicted molar refractivity (Wildman–Crippen MR) is 110 cm³/mol. The summed E-state index contributed by atoms with van der Waals surface area (Å²) in [7, 11) is -3.54. The summed E-state index contributed by atoms with van der Waals surface area (Å²) in [6.07, 6.45) is 5.57. The van der Waals surface area contributed by atoms with Gasteiger partial charge in [0.25, 0.3) is 0 Å². The topological polar surface area (TPSA) is 129 Å². The number of nitrogens with two attached hydrogens (primary N) is 1. The molecule has 1 aromatic heterocycles. The van der Waals surface area contributed by atoms with Gasteiger partial charge in [0, 0.05) is 25.5 Å². The lowest BCUT2D eigenvalue weighted by molar-refractivity contribution is 0.0490. The van der Waals surface area contributed by atoms with Gasteiger partial charge in [0.2, 0.25) is 15.9 Å². The molecule has 1 saturated heterocycles. The largest absolute Gasteiger partial charge is 0.478 e. The van der Waals surface area contributed by atoms with E-state index >= 15 is 0 Å². The molecule has 1 aliphatic heterocycles. The summed E-state index contributed by atoms with van der Waals surface area (Å²) in [4.78, 5) is 15.0. The van der Waals surface area contributed by atoms with Gasteiger partial charge in [-0.15, -0.1) is 0 Å². The lowest BCUT2D eigenvalue weighted by Crippen LogP contribution is -2.21. The molecule has 2 aliphatic rings. The molecule has 162 valence electrons. The molecule has 0 atom stereocenters. The molecule has 0 radical (unpaired) electrons. The first-order chi connectivity index (χ1) is 14.3. The lowest BCUT2D eigenvalue weighted by Gasteiger charge is -2.21. The highest BCUT2D eigenvalue weighted by Crippen LogP contribution is 2.42. The molecule has 2 aromatic rings. The first-order valence-corrected chi connectivity index (χ1v) is 11.4. The number of carboxylic acid groups (broad SMARTS) is 1. The van der Waals surface area contributed by atoms with Crippen molar-refractivity contribution >= 4 is 16.0 Å². The Morgan fingerprint density at radius 3 is 2.50 bits per heavy atom. The second-order valence-electron chi connectivity index (χ2n) is 7.41. The Morgan fingerprint density at radius 1 is 1.17 bits per heavy atom. The van der Waals surface area contributed by atoms with Crippen molar-refractivity contribution in [2.75, 3.05) is 19.8 Å². The van der Waals surface area contributed by atoms with Gasteiger partial charge in [-0.05, 0) is 55.2 Å². The molecule has 2 heterocycles. The van der Waals surface area contributed by atoms with Gasteiger partial charge in [-0.25, -0.2) is 23.3 Å². The number of aromatic carboxylic acids is 1. The number of hydrogen-bond donors (Lipinski definition) is 2. The van der Waals surface area contributed by atoms with Crippen molar-refractivity contribution in [2.45, 2.75) is 36.5 Å². The summed E-state index contributed by atoms with van der Waals surface area (Å²) in [5.41, 5.74) is 1.08. The van der Waals surface area contributed by atoms with Crippen LogP contribution in [-0.4, -0.2) is 44.3 Å². The smallest absolute Gasteiger partial charge is 0.335 e. The standard InChI is InChI=1S/C12H15NO4.C9H11NO2S/c14-12(15)10-1-4-13-11(7-10)17-8-9-2-5-16-6-3-9;10-13(11,12)9-4-2-1-3-8(9)7-5-6-7/h1,4,7,9H,2-3,5-6,8H2,(H,14,15);1-4,7H,5-6H2,(H2,10,11,12). The molecule has 9 heteroatoms. The number of carboxylic acids is 1. The van der Waals surface area contributed by atoms with E-state index in [9.17, 15) is 13.2 Å². The van der Waals surface area contributed by atoms with Gasteiger partial charge in [0.15, 0.2) is 0 Å². The van der Waals surface area contributed by atoms with Crippen molar-refractivity contribution in [3.63, 3.8) is 0 Å². The Hall–Kier alpha value is -2.49. The molecule has 8 nitrogen and oxygen atoms in total. The third kappa shape index (κ3) is 6.51. The molecule has 1 aliphatic carbocycles. The Bertz CT molecular complexity index is 969. The van der Waals surface area contributed by atoms with Crippen LogP contribution in [0.15, 0.2) is 47.5 Å². The molecule has 3 N–H and O–H groups in total. The van der Waals surface area contributed by atoms with Crippen LogP contribution in [-0.2, 0) is 14.8 Å². The van der Waals surface area contributed by atoms with Crippen molar-refractivity contribution in [3.8, 4) is 5.88 Å². The third-order valence-corrected chi connectivity index (χ3v) is 6.02. The summed E-state index contributed by atoms with van der Waals surface area (Å²) < 4.78 is 33.1. The van der Waals surface area contributed by atoms with Gasteiger partial charge in [-0.3, -0.25) is 0 Å². The van der Waals surface area contributed by atoms with E-state index in [-0.39, 0.29) is 10.5 Å². The second kappa shape index (κ2) is 10.0. The highest BCUT2D eigenvalue weighted by Gasteiger charge is 2.28. The van der Waals surface area contributed by atoms with E-state index in [1.807, 2.05) is 12.1 Å². The highest BCUT2D eigenvalue weighted by atomic mass is 32.2. The van der Waals surface area contributed by atoms with E-state index in [0.717, 1.165) is 44.5 Å². The Kier molecular flexibility index (Phi) is 7.41. The summed E-state index contributed by atoms with van der Waals surface area (Å²) in [5, 5.41) is 13.9.